The molecule has 0 spiro atoms. The highest BCUT2D eigenvalue weighted by molar-refractivity contribution is 5.90. The van der Waals surface area contributed by atoms with Crippen molar-refractivity contribution in [2.24, 2.45) is 0 Å². The maximum Gasteiger partial charge on any atom is 0.336 e. The molecule has 1 amide bonds. The number of hydrogen-bond acceptors (Lipinski definition) is 5. The van der Waals surface area contributed by atoms with Crippen molar-refractivity contribution < 1.29 is 9.53 Å². The Morgan fingerprint density at radius 1 is 1.45 bits per heavy atom. The predicted octanol–water partition coefficient (Wildman–Crippen LogP) is 0.642. The van der Waals surface area contributed by atoms with E-state index in [0.29, 0.717) is 5.69 Å². The zero-order chi connectivity index (χ0) is 13.9. The van der Waals surface area contributed by atoms with E-state index in [1.165, 1.54) is 7.11 Å². The van der Waals surface area contributed by atoms with E-state index in [4.69, 9.17) is 4.74 Å². The van der Waals surface area contributed by atoms with Crippen LogP contribution in [-0.2, 0) is 11.2 Å². The molecule has 3 heterocycles. The molecule has 3 aromatic heterocycles. The molecule has 0 fully saturated rings. The minimum absolute atomic E-state index is 0.157. The first kappa shape index (κ1) is 12.2. The molecule has 3 rings (SSSR count). The lowest BCUT2D eigenvalue weighted by molar-refractivity contribution is -0.115. The van der Waals surface area contributed by atoms with Crippen LogP contribution in [0.5, 0.6) is 6.01 Å². The maximum absolute atomic E-state index is 11.9. The molecule has 0 aromatic carbocycles. The van der Waals surface area contributed by atoms with Gasteiger partial charge in [-0.25, -0.2) is 10.1 Å². The van der Waals surface area contributed by atoms with Gasteiger partial charge in [0, 0.05) is 12.4 Å². The number of rotatable bonds is 4. The van der Waals surface area contributed by atoms with Crippen LogP contribution in [0.3, 0.4) is 0 Å². The number of fused-ring (bicyclic) bond motifs is 1. The summed E-state index contributed by atoms with van der Waals surface area (Å²) < 4.78 is 6.68. The van der Waals surface area contributed by atoms with Gasteiger partial charge in [0.1, 0.15) is 5.65 Å². The van der Waals surface area contributed by atoms with Gasteiger partial charge in [-0.3, -0.25) is 10.1 Å². The highest BCUT2D eigenvalue weighted by atomic mass is 16.5. The van der Waals surface area contributed by atoms with Gasteiger partial charge in [0.25, 0.3) is 0 Å². The van der Waals surface area contributed by atoms with Crippen LogP contribution in [0.25, 0.3) is 5.65 Å². The van der Waals surface area contributed by atoms with Gasteiger partial charge in [-0.1, -0.05) is 6.07 Å². The quantitative estimate of drug-likeness (QED) is 0.726. The summed E-state index contributed by atoms with van der Waals surface area (Å²) >= 11 is 0. The van der Waals surface area contributed by atoms with Crippen LogP contribution < -0.4 is 10.1 Å². The number of aromatic amines is 1. The van der Waals surface area contributed by atoms with Gasteiger partial charge in [-0.05, 0) is 12.1 Å². The normalized spacial score (nSPS) is 10.7. The second-order valence-electron chi connectivity index (χ2n) is 4.09. The molecule has 3 aromatic rings. The first-order chi connectivity index (χ1) is 9.74. The monoisotopic (exact) mass is 272 g/mol. The third-order valence-electron chi connectivity index (χ3n) is 2.66. The highest BCUT2D eigenvalue weighted by Gasteiger charge is 2.10. The second kappa shape index (κ2) is 5.00. The number of pyridine rings is 1. The lowest BCUT2D eigenvalue weighted by Crippen LogP contribution is -2.15. The number of methoxy groups -OCH3 is 1. The Morgan fingerprint density at radius 3 is 3.10 bits per heavy atom. The number of imidazole rings is 1. The molecule has 8 nitrogen and oxygen atoms in total. The summed E-state index contributed by atoms with van der Waals surface area (Å²) in [4.78, 5) is 20.1. The fourth-order valence-corrected chi connectivity index (χ4v) is 1.81. The van der Waals surface area contributed by atoms with Crippen molar-refractivity contribution in [3.8, 4) is 6.01 Å². The van der Waals surface area contributed by atoms with Crippen LogP contribution in [-0.4, -0.2) is 37.6 Å². The van der Waals surface area contributed by atoms with Gasteiger partial charge in [-0.15, -0.1) is 5.10 Å². The number of carbonyl (C=O) groups excluding carboxylic acids is 1. The van der Waals surface area contributed by atoms with Gasteiger partial charge >= 0.3 is 6.01 Å². The molecule has 8 heteroatoms. The van der Waals surface area contributed by atoms with Crippen molar-refractivity contribution in [3.63, 3.8) is 0 Å². The topological polar surface area (TPSA) is 97.2 Å². The molecule has 0 atom stereocenters. The third-order valence-corrected chi connectivity index (χ3v) is 2.66. The standard InChI is InChI=1S/C12H12N6O2/c1-20-12-15-11(16-17-12)14-10(19)6-8-7-18-5-3-2-4-9(18)13-8/h2-5,7H,6H2,1H3,(H2,14,15,16,17,19). The summed E-state index contributed by atoms with van der Waals surface area (Å²) in [5.41, 5.74) is 1.48. The number of anilines is 1. The van der Waals surface area contributed by atoms with E-state index in [-0.39, 0.29) is 24.3 Å². The minimum atomic E-state index is -0.229. The molecule has 0 aliphatic rings. The van der Waals surface area contributed by atoms with Crippen molar-refractivity contribution in [1.29, 1.82) is 0 Å². The molecule has 0 bridgehead atoms. The van der Waals surface area contributed by atoms with E-state index >= 15 is 0 Å². The first-order valence-corrected chi connectivity index (χ1v) is 5.93. The summed E-state index contributed by atoms with van der Waals surface area (Å²) in [6, 6.07) is 5.85. The van der Waals surface area contributed by atoms with Gasteiger partial charge in [-0.2, -0.15) is 4.98 Å². The number of ether oxygens (including phenoxy) is 1. The fraction of sp³-hybridized carbons (Fsp3) is 0.167. The molecule has 2 N–H and O–H groups in total. The average Bonchev–Trinajstić information content (AvgIpc) is 3.04. The lowest BCUT2D eigenvalue weighted by atomic mass is 10.3. The number of amides is 1. The molecule has 0 unspecified atom stereocenters. The Morgan fingerprint density at radius 2 is 2.35 bits per heavy atom. The largest absolute Gasteiger partial charge is 0.466 e. The van der Waals surface area contributed by atoms with Crippen molar-refractivity contribution in [3.05, 3.63) is 36.3 Å². The number of hydrogen-bond donors (Lipinski definition) is 2. The number of H-pyrrole nitrogens is 1. The van der Waals surface area contributed by atoms with Gasteiger partial charge in [0.2, 0.25) is 11.9 Å². The summed E-state index contributed by atoms with van der Waals surface area (Å²) in [5.74, 6) is 0.0165. The van der Waals surface area contributed by atoms with Crippen LogP contribution in [0, 0.1) is 0 Å². The van der Waals surface area contributed by atoms with Crippen molar-refractivity contribution in [1.82, 2.24) is 24.6 Å². The SMILES string of the molecule is COc1n[nH]c(NC(=O)Cc2cn3ccccc3n2)n1. The molecule has 0 radical (unpaired) electrons. The van der Waals surface area contributed by atoms with Crippen molar-refractivity contribution in [2.75, 3.05) is 12.4 Å². The Kier molecular flexibility index (Phi) is 3.04. The predicted molar refractivity (Wildman–Crippen MR) is 70.5 cm³/mol. The molecule has 0 saturated heterocycles. The summed E-state index contributed by atoms with van der Waals surface area (Å²) in [6.07, 6.45) is 3.85. The number of nitrogens with zero attached hydrogens (tertiary/aromatic N) is 4. The van der Waals surface area contributed by atoms with Crippen LogP contribution in [0.4, 0.5) is 5.95 Å². The Balaban J connectivity index is 1.69. The minimum Gasteiger partial charge on any atom is -0.466 e. The smallest absolute Gasteiger partial charge is 0.336 e. The molecular weight excluding hydrogens is 260 g/mol. The van der Waals surface area contributed by atoms with Crippen LogP contribution in [0.1, 0.15) is 5.69 Å². The number of nitrogens with one attached hydrogen (secondary N) is 2. The maximum atomic E-state index is 11.9. The average molecular weight is 272 g/mol. The van der Waals surface area contributed by atoms with E-state index in [1.807, 2.05) is 35.0 Å². The number of carbonyl (C=O) groups is 1. The van der Waals surface area contributed by atoms with Gasteiger partial charge in [0.05, 0.1) is 19.2 Å². The molecule has 0 aliphatic heterocycles. The van der Waals surface area contributed by atoms with Crippen LogP contribution >= 0.6 is 0 Å². The third kappa shape index (κ3) is 2.44. The molecule has 20 heavy (non-hydrogen) atoms. The lowest BCUT2D eigenvalue weighted by Gasteiger charge is -1.97. The zero-order valence-corrected chi connectivity index (χ0v) is 10.7. The Labute approximate surface area is 113 Å². The first-order valence-electron chi connectivity index (χ1n) is 5.93. The fourth-order valence-electron chi connectivity index (χ4n) is 1.81. The molecule has 102 valence electrons. The summed E-state index contributed by atoms with van der Waals surface area (Å²) in [7, 11) is 1.45. The molecular formula is C12H12N6O2. The summed E-state index contributed by atoms with van der Waals surface area (Å²) in [5, 5.41) is 8.89. The Hall–Kier alpha value is -2.90. The van der Waals surface area contributed by atoms with E-state index in [9.17, 15) is 4.79 Å². The second-order valence-corrected chi connectivity index (χ2v) is 4.09. The van der Waals surface area contributed by atoms with E-state index < -0.39 is 0 Å². The zero-order valence-electron chi connectivity index (χ0n) is 10.7. The van der Waals surface area contributed by atoms with E-state index in [1.54, 1.807) is 0 Å². The van der Waals surface area contributed by atoms with Crippen LogP contribution in [0.15, 0.2) is 30.6 Å². The van der Waals surface area contributed by atoms with Crippen LogP contribution in [0.2, 0.25) is 0 Å². The van der Waals surface area contributed by atoms with E-state index in [2.05, 4.69) is 25.5 Å². The molecule has 0 aliphatic carbocycles. The molecule has 0 saturated carbocycles. The van der Waals surface area contributed by atoms with Gasteiger partial charge in [0.15, 0.2) is 0 Å². The van der Waals surface area contributed by atoms with Crippen molar-refractivity contribution >= 4 is 17.5 Å². The number of aromatic nitrogens is 5. The summed E-state index contributed by atoms with van der Waals surface area (Å²) in [6.45, 7) is 0. The van der Waals surface area contributed by atoms with Gasteiger partial charge < -0.3 is 9.14 Å². The Bertz CT molecular complexity index is 714. The highest BCUT2D eigenvalue weighted by Crippen LogP contribution is 2.07. The van der Waals surface area contributed by atoms with Crippen molar-refractivity contribution in [2.45, 2.75) is 6.42 Å². The van der Waals surface area contributed by atoms with E-state index in [0.717, 1.165) is 5.65 Å².